The Labute approximate surface area is 158 Å². The topological polar surface area (TPSA) is 67.9 Å². The molecule has 1 N–H and O–H groups in total. The highest BCUT2D eigenvalue weighted by atomic mass is 19.4. The van der Waals surface area contributed by atoms with E-state index in [9.17, 15) is 22.8 Å². The molecule has 1 heterocycles. The van der Waals surface area contributed by atoms with Gasteiger partial charge in [-0.15, -0.1) is 13.2 Å². The van der Waals surface area contributed by atoms with Crippen molar-refractivity contribution in [3.63, 3.8) is 0 Å². The molecule has 0 saturated carbocycles. The smallest absolute Gasteiger partial charge is 0.478 e. The van der Waals surface area contributed by atoms with Crippen LogP contribution in [0.2, 0.25) is 0 Å². The number of halogens is 3. The van der Waals surface area contributed by atoms with Gasteiger partial charge in [0.2, 0.25) is 5.91 Å². The first-order valence-electron chi connectivity index (χ1n) is 8.37. The van der Waals surface area contributed by atoms with Crippen LogP contribution >= 0.6 is 0 Å². The molecule has 0 spiro atoms. The average Bonchev–Trinajstić information content (AvgIpc) is 2.62. The van der Waals surface area contributed by atoms with Crippen molar-refractivity contribution >= 4 is 17.5 Å². The number of para-hydroxylation sites is 3. The number of alkyl halides is 3. The molecule has 3 rings (SSSR count). The largest absolute Gasteiger partial charge is 0.573 e. The van der Waals surface area contributed by atoms with Crippen LogP contribution in [0.5, 0.6) is 11.5 Å². The second-order valence-electron chi connectivity index (χ2n) is 6.20. The zero-order valence-electron chi connectivity index (χ0n) is 14.8. The molecule has 0 bridgehead atoms. The van der Waals surface area contributed by atoms with Gasteiger partial charge >= 0.3 is 6.36 Å². The molecule has 1 aliphatic heterocycles. The molecule has 0 radical (unpaired) electrons. The van der Waals surface area contributed by atoms with Crippen molar-refractivity contribution < 1.29 is 32.2 Å². The number of hydrogen-bond donors (Lipinski definition) is 1. The Kier molecular flexibility index (Phi) is 5.43. The summed E-state index contributed by atoms with van der Waals surface area (Å²) >= 11 is 0. The predicted octanol–water partition coefficient (Wildman–Crippen LogP) is 3.33. The lowest BCUT2D eigenvalue weighted by Crippen LogP contribution is -2.41. The summed E-state index contributed by atoms with van der Waals surface area (Å²) in [5, 5.41) is 2.66. The zero-order chi connectivity index (χ0) is 20.3. The van der Waals surface area contributed by atoms with Crippen LogP contribution in [0.3, 0.4) is 0 Å². The van der Waals surface area contributed by atoms with Crippen molar-refractivity contribution in [2.45, 2.75) is 25.4 Å². The highest BCUT2D eigenvalue weighted by Crippen LogP contribution is 2.30. The fourth-order valence-electron chi connectivity index (χ4n) is 2.74. The summed E-state index contributed by atoms with van der Waals surface area (Å²) in [6.45, 7) is -0.115. The Morgan fingerprint density at radius 3 is 2.61 bits per heavy atom. The van der Waals surface area contributed by atoms with E-state index < -0.39 is 24.3 Å². The van der Waals surface area contributed by atoms with Crippen molar-refractivity contribution in [1.29, 1.82) is 0 Å². The number of carbonyl (C=O) groups is 2. The van der Waals surface area contributed by atoms with Gasteiger partial charge in [-0.25, -0.2) is 0 Å². The zero-order valence-corrected chi connectivity index (χ0v) is 14.8. The maximum absolute atomic E-state index is 12.5. The quantitative estimate of drug-likeness (QED) is 0.845. The molecule has 0 fully saturated rings. The van der Waals surface area contributed by atoms with Gasteiger partial charge in [-0.3, -0.25) is 9.59 Å². The average molecular weight is 394 g/mol. The molecule has 6 nitrogen and oxygen atoms in total. The first kappa shape index (κ1) is 19.5. The van der Waals surface area contributed by atoms with Crippen LogP contribution in [0.15, 0.2) is 48.5 Å². The minimum absolute atomic E-state index is 0.115. The molecule has 1 atom stereocenters. The second-order valence-corrected chi connectivity index (χ2v) is 6.20. The van der Waals surface area contributed by atoms with Gasteiger partial charge in [0.15, 0.2) is 6.10 Å². The lowest BCUT2D eigenvalue weighted by atomic mass is 10.1. The Morgan fingerprint density at radius 2 is 1.86 bits per heavy atom. The van der Waals surface area contributed by atoms with E-state index in [4.69, 9.17) is 4.74 Å². The molecule has 148 valence electrons. The molecule has 0 aliphatic carbocycles. The number of hydrogen-bond acceptors (Lipinski definition) is 4. The van der Waals surface area contributed by atoms with Gasteiger partial charge in [-0.1, -0.05) is 30.3 Å². The van der Waals surface area contributed by atoms with E-state index in [0.717, 1.165) is 0 Å². The van der Waals surface area contributed by atoms with E-state index in [1.807, 2.05) is 0 Å². The molecule has 28 heavy (non-hydrogen) atoms. The molecule has 0 saturated heterocycles. The Morgan fingerprint density at radius 1 is 1.18 bits per heavy atom. The van der Waals surface area contributed by atoms with Crippen LogP contribution in [-0.4, -0.2) is 36.2 Å². The Balaban J connectivity index is 1.65. The van der Waals surface area contributed by atoms with Gasteiger partial charge in [0.1, 0.15) is 11.5 Å². The number of benzene rings is 2. The number of rotatable bonds is 5. The number of carbonyl (C=O) groups excluding carboxylic acids is 2. The monoisotopic (exact) mass is 394 g/mol. The molecule has 2 aromatic rings. The maximum Gasteiger partial charge on any atom is 0.573 e. The molecular formula is C19H17F3N2O4. The minimum Gasteiger partial charge on any atom is -0.478 e. The second kappa shape index (κ2) is 7.79. The highest BCUT2D eigenvalue weighted by Gasteiger charge is 2.33. The van der Waals surface area contributed by atoms with E-state index >= 15 is 0 Å². The number of ether oxygens (including phenoxy) is 2. The molecule has 0 unspecified atom stereocenters. The number of amides is 2. The Hall–Kier alpha value is -3.23. The molecule has 9 heteroatoms. The summed E-state index contributed by atoms with van der Waals surface area (Å²) in [6, 6.07) is 12.4. The maximum atomic E-state index is 12.5. The fraction of sp³-hybridized carbons (Fsp3) is 0.263. The van der Waals surface area contributed by atoms with Crippen LogP contribution in [0.4, 0.5) is 18.9 Å². The van der Waals surface area contributed by atoms with Gasteiger partial charge in [0, 0.05) is 19.2 Å². The third-order valence-electron chi connectivity index (χ3n) is 4.10. The normalized spacial score (nSPS) is 15.9. The van der Waals surface area contributed by atoms with Gasteiger partial charge < -0.3 is 19.7 Å². The molecule has 2 amide bonds. The number of nitrogens with zero attached hydrogens (tertiary/aromatic N) is 1. The molecule has 2 aromatic carbocycles. The van der Waals surface area contributed by atoms with Crippen LogP contribution in [0.1, 0.15) is 12.0 Å². The lowest BCUT2D eigenvalue weighted by Gasteiger charge is -2.27. The molecule has 0 aromatic heterocycles. The number of anilines is 1. The first-order valence-corrected chi connectivity index (χ1v) is 8.37. The fourth-order valence-corrected chi connectivity index (χ4v) is 2.74. The SMILES string of the molecule is CN(Cc1ccccc1OC(F)(F)F)C(=O)C[C@H]1Oc2ccccc2NC1=O. The lowest BCUT2D eigenvalue weighted by molar-refractivity contribution is -0.275. The third-order valence-corrected chi connectivity index (χ3v) is 4.10. The summed E-state index contributed by atoms with van der Waals surface area (Å²) in [5.74, 6) is -0.843. The van der Waals surface area contributed by atoms with Crippen LogP contribution in [0, 0.1) is 0 Å². The van der Waals surface area contributed by atoms with E-state index in [2.05, 4.69) is 10.1 Å². The number of fused-ring (bicyclic) bond motifs is 1. The van der Waals surface area contributed by atoms with Crippen LogP contribution < -0.4 is 14.8 Å². The summed E-state index contributed by atoms with van der Waals surface area (Å²) < 4.78 is 47.1. The van der Waals surface area contributed by atoms with Gasteiger partial charge in [-0.05, 0) is 18.2 Å². The van der Waals surface area contributed by atoms with Crippen LogP contribution in [-0.2, 0) is 16.1 Å². The third kappa shape index (κ3) is 4.73. The van der Waals surface area contributed by atoms with Crippen molar-refractivity contribution in [3.8, 4) is 11.5 Å². The molecule has 1 aliphatic rings. The minimum atomic E-state index is -4.83. The van der Waals surface area contributed by atoms with Crippen molar-refractivity contribution in [1.82, 2.24) is 4.90 Å². The summed E-state index contributed by atoms with van der Waals surface area (Å²) in [7, 11) is 1.43. The van der Waals surface area contributed by atoms with Crippen molar-refractivity contribution in [2.24, 2.45) is 0 Å². The van der Waals surface area contributed by atoms with Crippen molar-refractivity contribution in [2.75, 3.05) is 12.4 Å². The van der Waals surface area contributed by atoms with Gasteiger partial charge in [0.05, 0.1) is 12.1 Å². The number of nitrogens with one attached hydrogen (secondary N) is 1. The standard InChI is InChI=1S/C19H17F3N2O4/c1-24(11-12-6-2-4-8-14(12)28-19(20,21)22)17(25)10-16-18(26)23-13-7-3-5-9-15(13)27-16/h2-9,16H,10-11H2,1H3,(H,23,26)/t16-/m1/s1. The Bertz CT molecular complexity index is 885. The van der Waals surface area contributed by atoms with E-state index in [0.29, 0.717) is 11.4 Å². The highest BCUT2D eigenvalue weighted by molar-refractivity contribution is 5.99. The van der Waals surface area contributed by atoms with Gasteiger partial charge in [0.25, 0.3) is 5.91 Å². The van der Waals surface area contributed by atoms with E-state index in [1.165, 1.54) is 30.1 Å². The van der Waals surface area contributed by atoms with E-state index in [1.54, 1.807) is 30.3 Å². The summed E-state index contributed by atoms with van der Waals surface area (Å²) in [4.78, 5) is 25.8. The summed E-state index contributed by atoms with van der Waals surface area (Å²) in [5.41, 5.74) is 0.706. The first-order chi connectivity index (χ1) is 13.2. The van der Waals surface area contributed by atoms with Gasteiger partial charge in [-0.2, -0.15) is 0 Å². The predicted molar refractivity (Wildman–Crippen MR) is 93.7 cm³/mol. The molecular weight excluding hydrogens is 377 g/mol. The summed E-state index contributed by atoms with van der Waals surface area (Å²) in [6.07, 6.45) is -6.11. The van der Waals surface area contributed by atoms with Crippen LogP contribution in [0.25, 0.3) is 0 Å². The van der Waals surface area contributed by atoms with Crippen molar-refractivity contribution in [3.05, 3.63) is 54.1 Å². The van der Waals surface area contributed by atoms with E-state index in [-0.39, 0.29) is 24.3 Å².